The lowest BCUT2D eigenvalue weighted by Gasteiger charge is -2.15. The molecule has 0 aliphatic heterocycles. The predicted octanol–water partition coefficient (Wildman–Crippen LogP) is 16.2. The molecule has 0 amide bonds. The summed E-state index contributed by atoms with van der Waals surface area (Å²) in [6, 6.07) is 0. The van der Waals surface area contributed by atoms with Crippen molar-refractivity contribution in [3.63, 3.8) is 0 Å². The number of allylic oxidation sites excluding steroid dienone is 18. The maximum Gasteiger partial charge on any atom is 0.306 e. The molecule has 0 spiro atoms. The van der Waals surface area contributed by atoms with E-state index in [1.165, 1.54) is 64.2 Å². The van der Waals surface area contributed by atoms with E-state index in [9.17, 15) is 14.7 Å². The standard InChI is InChI=1S/C55H90O5/c1-3-5-7-9-11-13-15-17-18-19-20-21-22-23-24-25-26-27-28-29-30-31-32-33-34-35-36-38-40-42-44-46-48-50-55(58)60-53(51-56)52-59-54(57)49-47-45-43-41-39-37-16-14-12-10-8-6-4-2/h5,7,11,13,17-18,20-21,23-24,26-27,29-30,32-33,35-36,53,56H,3-4,6,8-10,12,14-16,19,22,25,28,31,34,37-52H2,1-2H3/b7-5-,13-11-,18-17-,21-20-,24-23-,27-26-,30-29-,33-32-,36-35-. The number of hydrogen-bond acceptors (Lipinski definition) is 5. The highest BCUT2D eigenvalue weighted by Gasteiger charge is 2.16. The van der Waals surface area contributed by atoms with E-state index in [0.29, 0.717) is 12.8 Å². The first-order valence-electron chi connectivity index (χ1n) is 24.4. The molecule has 0 radical (unpaired) electrons. The molecule has 0 aliphatic carbocycles. The van der Waals surface area contributed by atoms with Crippen LogP contribution in [0.2, 0.25) is 0 Å². The van der Waals surface area contributed by atoms with Crippen molar-refractivity contribution in [2.75, 3.05) is 13.2 Å². The van der Waals surface area contributed by atoms with Gasteiger partial charge in [0.1, 0.15) is 6.61 Å². The van der Waals surface area contributed by atoms with Gasteiger partial charge in [0.05, 0.1) is 6.61 Å². The van der Waals surface area contributed by atoms with Crippen LogP contribution in [-0.2, 0) is 19.1 Å². The van der Waals surface area contributed by atoms with Crippen LogP contribution in [0.1, 0.15) is 206 Å². The number of aliphatic hydroxyl groups excluding tert-OH is 1. The topological polar surface area (TPSA) is 72.8 Å². The highest BCUT2D eigenvalue weighted by atomic mass is 16.6. The maximum atomic E-state index is 12.2. The molecule has 0 aliphatic rings. The van der Waals surface area contributed by atoms with Crippen molar-refractivity contribution in [2.24, 2.45) is 0 Å². The third-order valence-electron chi connectivity index (χ3n) is 10.1. The zero-order chi connectivity index (χ0) is 43.5. The van der Waals surface area contributed by atoms with Gasteiger partial charge in [-0.25, -0.2) is 0 Å². The van der Waals surface area contributed by atoms with Gasteiger partial charge in [-0.15, -0.1) is 0 Å². The molecule has 0 bridgehead atoms. The number of carbonyl (C=O) groups is 2. The van der Waals surface area contributed by atoms with E-state index in [2.05, 4.69) is 123 Å². The Bertz CT molecular complexity index is 1210. The number of carbonyl (C=O) groups excluding carboxylic acids is 2. The van der Waals surface area contributed by atoms with Gasteiger partial charge in [-0.2, -0.15) is 0 Å². The summed E-state index contributed by atoms with van der Waals surface area (Å²) in [5.74, 6) is -0.617. The molecular weight excluding hydrogens is 741 g/mol. The normalized spacial score (nSPS) is 13.2. The molecule has 0 heterocycles. The van der Waals surface area contributed by atoms with Gasteiger partial charge in [0.2, 0.25) is 0 Å². The number of rotatable bonds is 43. The van der Waals surface area contributed by atoms with E-state index in [1.54, 1.807) is 0 Å². The first-order valence-corrected chi connectivity index (χ1v) is 24.4. The zero-order valence-corrected chi connectivity index (χ0v) is 38.7. The van der Waals surface area contributed by atoms with Crippen LogP contribution in [0.3, 0.4) is 0 Å². The first-order chi connectivity index (χ1) is 29.6. The molecule has 0 aromatic rings. The second-order valence-electron chi connectivity index (χ2n) is 15.8. The Morgan fingerprint density at radius 2 is 0.717 bits per heavy atom. The van der Waals surface area contributed by atoms with E-state index < -0.39 is 6.10 Å². The molecular formula is C55H90O5. The first kappa shape index (κ1) is 56.6. The van der Waals surface area contributed by atoms with Crippen LogP contribution >= 0.6 is 0 Å². The summed E-state index contributed by atoms with van der Waals surface area (Å²) in [4.78, 5) is 24.3. The molecule has 0 aromatic carbocycles. The van der Waals surface area contributed by atoms with Gasteiger partial charge in [0.25, 0.3) is 0 Å². The second kappa shape index (κ2) is 49.9. The van der Waals surface area contributed by atoms with Crippen molar-refractivity contribution in [2.45, 2.75) is 213 Å². The van der Waals surface area contributed by atoms with E-state index in [-0.39, 0.29) is 25.2 Å². The minimum absolute atomic E-state index is 0.0778. The number of hydrogen-bond donors (Lipinski definition) is 1. The largest absolute Gasteiger partial charge is 0.462 e. The van der Waals surface area contributed by atoms with Crippen LogP contribution in [-0.4, -0.2) is 36.4 Å². The van der Waals surface area contributed by atoms with Crippen molar-refractivity contribution in [1.82, 2.24) is 0 Å². The predicted molar refractivity (Wildman–Crippen MR) is 260 cm³/mol. The minimum atomic E-state index is -0.787. The van der Waals surface area contributed by atoms with E-state index in [1.807, 2.05) is 0 Å². The summed E-state index contributed by atoms with van der Waals surface area (Å²) in [5.41, 5.74) is 0. The van der Waals surface area contributed by atoms with Crippen molar-refractivity contribution < 1.29 is 24.2 Å². The van der Waals surface area contributed by atoms with Gasteiger partial charge < -0.3 is 14.6 Å². The summed E-state index contributed by atoms with van der Waals surface area (Å²) in [6.07, 6.45) is 71.7. The SMILES string of the molecule is CC/C=C\C/C=C\C/C=C\C/C=C\C/C=C\C/C=C\C/C=C\C/C=C\C/C=C\CCCCCCCC(=O)OC(CO)COC(=O)CCCCCCCCCCCCCCC. The zero-order valence-electron chi connectivity index (χ0n) is 38.7. The van der Waals surface area contributed by atoms with Gasteiger partial charge in [-0.05, 0) is 83.5 Å². The maximum absolute atomic E-state index is 12.2. The third kappa shape index (κ3) is 47.2. The fraction of sp³-hybridized carbons (Fsp3) is 0.636. The summed E-state index contributed by atoms with van der Waals surface area (Å²) in [7, 11) is 0. The fourth-order valence-electron chi connectivity index (χ4n) is 6.43. The summed E-state index contributed by atoms with van der Waals surface area (Å²) >= 11 is 0. The monoisotopic (exact) mass is 831 g/mol. The number of aliphatic hydroxyl groups is 1. The Labute approximate surface area is 370 Å². The van der Waals surface area contributed by atoms with Gasteiger partial charge in [0, 0.05) is 12.8 Å². The van der Waals surface area contributed by atoms with E-state index in [0.717, 1.165) is 116 Å². The molecule has 1 atom stereocenters. The second-order valence-corrected chi connectivity index (χ2v) is 15.8. The molecule has 340 valence electrons. The van der Waals surface area contributed by atoms with Gasteiger partial charge in [0.15, 0.2) is 6.10 Å². The quantitative estimate of drug-likeness (QED) is 0.0376. The van der Waals surface area contributed by atoms with Crippen LogP contribution in [0.15, 0.2) is 109 Å². The van der Waals surface area contributed by atoms with E-state index in [4.69, 9.17) is 9.47 Å². The molecule has 1 unspecified atom stereocenters. The van der Waals surface area contributed by atoms with Crippen molar-refractivity contribution in [3.8, 4) is 0 Å². The Morgan fingerprint density at radius 1 is 0.400 bits per heavy atom. The molecule has 0 saturated heterocycles. The molecule has 0 fully saturated rings. The molecule has 0 aromatic heterocycles. The Kier molecular flexibility index (Phi) is 47.1. The van der Waals surface area contributed by atoms with Crippen LogP contribution in [0.25, 0.3) is 0 Å². The van der Waals surface area contributed by atoms with Crippen LogP contribution in [0.5, 0.6) is 0 Å². The average Bonchev–Trinajstić information content (AvgIpc) is 3.25. The summed E-state index contributed by atoms with van der Waals surface area (Å²) < 4.78 is 10.6. The van der Waals surface area contributed by atoms with Gasteiger partial charge in [-0.1, -0.05) is 220 Å². The van der Waals surface area contributed by atoms with Crippen molar-refractivity contribution in [1.29, 1.82) is 0 Å². The fourth-order valence-corrected chi connectivity index (χ4v) is 6.43. The molecule has 0 saturated carbocycles. The molecule has 5 nitrogen and oxygen atoms in total. The van der Waals surface area contributed by atoms with Crippen LogP contribution < -0.4 is 0 Å². The number of esters is 2. The summed E-state index contributed by atoms with van der Waals surface area (Å²) in [5, 5.41) is 9.59. The molecule has 5 heteroatoms. The highest BCUT2D eigenvalue weighted by molar-refractivity contribution is 5.70. The van der Waals surface area contributed by atoms with Crippen LogP contribution in [0, 0.1) is 0 Å². The lowest BCUT2D eigenvalue weighted by Crippen LogP contribution is -2.28. The van der Waals surface area contributed by atoms with Crippen LogP contribution in [0.4, 0.5) is 0 Å². The number of unbranched alkanes of at least 4 members (excludes halogenated alkanes) is 17. The van der Waals surface area contributed by atoms with Gasteiger partial charge >= 0.3 is 11.9 Å². The van der Waals surface area contributed by atoms with Gasteiger partial charge in [-0.3, -0.25) is 9.59 Å². The minimum Gasteiger partial charge on any atom is -0.462 e. The highest BCUT2D eigenvalue weighted by Crippen LogP contribution is 2.14. The Morgan fingerprint density at radius 3 is 1.08 bits per heavy atom. The smallest absolute Gasteiger partial charge is 0.306 e. The lowest BCUT2D eigenvalue weighted by molar-refractivity contribution is -0.161. The number of ether oxygens (including phenoxy) is 2. The third-order valence-corrected chi connectivity index (χ3v) is 10.1. The van der Waals surface area contributed by atoms with E-state index >= 15 is 0 Å². The van der Waals surface area contributed by atoms with Crippen molar-refractivity contribution in [3.05, 3.63) is 109 Å². The Hall–Kier alpha value is -3.44. The lowest BCUT2D eigenvalue weighted by atomic mass is 10.0. The summed E-state index contributed by atoms with van der Waals surface area (Å²) in [6.45, 7) is 4.00. The van der Waals surface area contributed by atoms with Crippen molar-refractivity contribution >= 4 is 11.9 Å². The Balaban J connectivity index is 3.65. The average molecular weight is 831 g/mol. The molecule has 1 N–H and O–H groups in total. The molecule has 60 heavy (non-hydrogen) atoms. The molecule has 0 rings (SSSR count).